The molecule has 0 aliphatic carbocycles. The van der Waals surface area contributed by atoms with E-state index in [2.05, 4.69) is 6.07 Å². The van der Waals surface area contributed by atoms with Gasteiger partial charge < -0.3 is 4.90 Å². The lowest BCUT2D eigenvalue weighted by molar-refractivity contribution is -0.122. The second kappa shape index (κ2) is 5.36. The van der Waals surface area contributed by atoms with E-state index in [1.807, 2.05) is 47.4 Å². The van der Waals surface area contributed by atoms with E-state index >= 15 is 0 Å². The largest absolute Gasteiger partial charge is 0.309 e. The minimum Gasteiger partial charge on any atom is -0.309 e. The molecule has 0 unspecified atom stereocenters. The Labute approximate surface area is 150 Å². The monoisotopic (exact) mass is 350 g/mol. The van der Waals surface area contributed by atoms with Gasteiger partial charge in [0.05, 0.1) is 5.69 Å². The number of hydrogen-bond donors (Lipinski definition) is 0. The van der Waals surface area contributed by atoms with E-state index in [1.54, 1.807) is 16.7 Å². The van der Waals surface area contributed by atoms with Crippen LogP contribution in [0.3, 0.4) is 0 Å². The molecule has 3 heterocycles. The van der Waals surface area contributed by atoms with Crippen LogP contribution < -0.4 is 9.80 Å². The second-order valence-electron chi connectivity index (χ2n) is 6.77. The molecule has 2 amide bonds. The number of nitrogens with zero attached hydrogens (tertiary/aromatic N) is 2. The number of carbonyl (C=O) groups excluding carboxylic acids is 2. The maximum Gasteiger partial charge on any atom is 0.264 e. The van der Waals surface area contributed by atoms with Gasteiger partial charge in [-0.15, -0.1) is 0 Å². The van der Waals surface area contributed by atoms with Crippen molar-refractivity contribution in [1.82, 2.24) is 0 Å². The first kappa shape index (κ1) is 15.0. The van der Waals surface area contributed by atoms with Gasteiger partial charge in [-0.05, 0) is 43.0 Å². The number of anilines is 2. The van der Waals surface area contributed by atoms with Crippen LogP contribution in [0.2, 0.25) is 0 Å². The van der Waals surface area contributed by atoms with E-state index in [9.17, 15) is 9.59 Å². The summed E-state index contributed by atoms with van der Waals surface area (Å²) < 4.78 is 0. The molecule has 25 heavy (non-hydrogen) atoms. The van der Waals surface area contributed by atoms with Crippen LogP contribution in [0.15, 0.2) is 53.4 Å². The van der Waals surface area contributed by atoms with Crippen molar-refractivity contribution in [2.75, 3.05) is 16.3 Å². The second-order valence-corrected chi connectivity index (χ2v) is 8.09. The minimum absolute atomic E-state index is 0.0479. The fraction of sp³-hybridized carbons (Fsp3) is 0.300. The number of aryl methyl sites for hydroxylation is 1. The van der Waals surface area contributed by atoms with E-state index < -0.39 is 4.87 Å². The molecule has 4 nitrogen and oxygen atoms in total. The highest BCUT2D eigenvalue weighted by molar-refractivity contribution is 8.02. The molecular weight excluding hydrogens is 332 g/mol. The van der Waals surface area contributed by atoms with Gasteiger partial charge in [-0.3, -0.25) is 14.5 Å². The molecule has 3 aliphatic heterocycles. The van der Waals surface area contributed by atoms with Gasteiger partial charge in [-0.25, -0.2) is 0 Å². The summed E-state index contributed by atoms with van der Waals surface area (Å²) in [4.78, 5) is 30.2. The van der Waals surface area contributed by atoms with Gasteiger partial charge in [0.1, 0.15) is 0 Å². The maximum absolute atomic E-state index is 13.7. The SMILES string of the molecule is O=C1CC[C@]2(C(=O)N3CCCc4ccccc43)Sc3ccccc3N12. The molecule has 1 fully saturated rings. The molecule has 1 atom stereocenters. The van der Waals surface area contributed by atoms with Gasteiger partial charge in [0.25, 0.3) is 5.91 Å². The van der Waals surface area contributed by atoms with Crippen molar-refractivity contribution in [3.05, 3.63) is 54.1 Å². The van der Waals surface area contributed by atoms with Gasteiger partial charge in [0, 0.05) is 23.5 Å². The molecule has 0 aromatic heterocycles. The van der Waals surface area contributed by atoms with E-state index in [4.69, 9.17) is 0 Å². The quantitative estimate of drug-likeness (QED) is 0.789. The molecule has 2 aromatic carbocycles. The Balaban J connectivity index is 1.60. The average molecular weight is 350 g/mol. The molecule has 0 bridgehead atoms. The van der Waals surface area contributed by atoms with Gasteiger partial charge >= 0.3 is 0 Å². The number of para-hydroxylation sites is 2. The van der Waals surface area contributed by atoms with E-state index in [1.165, 1.54) is 5.56 Å². The van der Waals surface area contributed by atoms with Gasteiger partial charge in [0.2, 0.25) is 5.91 Å². The van der Waals surface area contributed by atoms with E-state index in [0.717, 1.165) is 35.7 Å². The maximum atomic E-state index is 13.7. The van der Waals surface area contributed by atoms with E-state index in [-0.39, 0.29) is 11.8 Å². The lowest BCUT2D eigenvalue weighted by atomic mass is 10.0. The summed E-state index contributed by atoms with van der Waals surface area (Å²) in [7, 11) is 0. The summed E-state index contributed by atoms with van der Waals surface area (Å²) in [6.07, 6.45) is 2.97. The first-order valence-electron chi connectivity index (χ1n) is 8.72. The Kier molecular flexibility index (Phi) is 3.22. The van der Waals surface area contributed by atoms with Crippen molar-refractivity contribution in [3.63, 3.8) is 0 Å². The number of rotatable bonds is 1. The standard InChI is InChI=1S/C20H18N2O2S/c23-18-11-12-20(22(18)16-9-3-4-10-17(16)25-20)19(24)21-13-5-7-14-6-1-2-8-15(14)21/h1-4,6,8-10H,5,7,11-13H2/t20-/m1/s1. The fourth-order valence-corrected chi connectivity index (χ4v) is 5.71. The van der Waals surface area contributed by atoms with E-state index in [0.29, 0.717) is 12.8 Å². The average Bonchev–Trinajstić information content (AvgIpc) is 3.16. The number of hydrogen-bond acceptors (Lipinski definition) is 3. The Bertz CT molecular complexity index is 897. The molecule has 2 aromatic rings. The molecule has 0 N–H and O–H groups in total. The van der Waals surface area contributed by atoms with Crippen molar-refractivity contribution in [2.45, 2.75) is 35.4 Å². The highest BCUT2D eigenvalue weighted by Crippen LogP contribution is 2.56. The molecule has 5 rings (SSSR count). The zero-order valence-electron chi connectivity index (χ0n) is 13.8. The Hall–Kier alpha value is -2.27. The minimum atomic E-state index is -0.814. The molecule has 5 heteroatoms. The van der Waals surface area contributed by atoms with Crippen molar-refractivity contribution >= 4 is 35.0 Å². The van der Waals surface area contributed by atoms with Crippen LogP contribution >= 0.6 is 11.8 Å². The molecule has 1 saturated heterocycles. The topological polar surface area (TPSA) is 40.6 Å². The van der Waals surface area contributed by atoms with Crippen molar-refractivity contribution in [2.24, 2.45) is 0 Å². The highest BCUT2D eigenvalue weighted by atomic mass is 32.2. The van der Waals surface area contributed by atoms with Gasteiger partial charge in [-0.2, -0.15) is 0 Å². The molecule has 126 valence electrons. The first-order chi connectivity index (χ1) is 12.2. The molecular formula is C20H18N2O2S. The Morgan fingerprint density at radius 2 is 1.76 bits per heavy atom. The van der Waals surface area contributed by atoms with Crippen LogP contribution in [0.1, 0.15) is 24.8 Å². The van der Waals surface area contributed by atoms with Crippen LogP contribution in [0.4, 0.5) is 11.4 Å². The molecule has 0 saturated carbocycles. The molecule has 0 spiro atoms. The Morgan fingerprint density at radius 3 is 2.64 bits per heavy atom. The van der Waals surface area contributed by atoms with Gasteiger partial charge in [-0.1, -0.05) is 42.1 Å². The summed E-state index contributed by atoms with van der Waals surface area (Å²) in [5.41, 5.74) is 3.10. The van der Waals surface area contributed by atoms with Crippen molar-refractivity contribution in [3.8, 4) is 0 Å². The third kappa shape index (κ3) is 2.02. The number of thioether (sulfide) groups is 1. The predicted molar refractivity (Wildman–Crippen MR) is 98.9 cm³/mol. The van der Waals surface area contributed by atoms with Crippen LogP contribution in [0.5, 0.6) is 0 Å². The lowest BCUT2D eigenvalue weighted by Gasteiger charge is -2.37. The smallest absolute Gasteiger partial charge is 0.264 e. The van der Waals surface area contributed by atoms with Crippen LogP contribution in [0, 0.1) is 0 Å². The summed E-state index contributed by atoms with van der Waals surface area (Å²) in [5.74, 6) is 0.0998. The zero-order valence-corrected chi connectivity index (χ0v) is 14.6. The fourth-order valence-electron chi connectivity index (χ4n) is 4.24. The first-order valence-corrected chi connectivity index (χ1v) is 9.53. The Morgan fingerprint density at radius 1 is 1.00 bits per heavy atom. The van der Waals surface area contributed by atoms with Gasteiger partial charge in [0.15, 0.2) is 4.87 Å². The third-order valence-corrected chi connectivity index (χ3v) is 6.83. The van der Waals surface area contributed by atoms with Crippen LogP contribution in [-0.4, -0.2) is 23.2 Å². The predicted octanol–water partition coefficient (Wildman–Crippen LogP) is 3.59. The van der Waals surface area contributed by atoms with Crippen molar-refractivity contribution in [1.29, 1.82) is 0 Å². The van der Waals surface area contributed by atoms with Crippen LogP contribution in [0.25, 0.3) is 0 Å². The number of benzene rings is 2. The zero-order chi connectivity index (χ0) is 17.0. The highest BCUT2D eigenvalue weighted by Gasteiger charge is 2.58. The lowest BCUT2D eigenvalue weighted by Crippen LogP contribution is -2.55. The summed E-state index contributed by atoms with van der Waals surface area (Å²) in [6, 6.07) is 16.0. The third-order valence-electron chi connectivity index (χ3n) is 5.36. The number of amides is 2. The number of carbonyl (C=O) groups is 2. The summed E-state index contributed by atoms with van der Waals surface area (Å²) in [6.45, 7) is 0.719. The summed E-state index contributed by atoms with van der Waals surface area (Å²) >= 11 is 1.55. The van der Waals surface area contributed by atoms with Crippen LogP contribution in [-0.2, 0) is 16.0 Å². The summed E-state index contributed by atoms with van der Waals surface area (Å²) in [5, 5.41) is 0. The normalized spacial score (nSPS) is 24.1. The van der Waals surface area contributed by atoms with Crippen molar-refractivity contribution < 1.29 is 9.59 Å². The molecule has 0 radical (unpaired) electrons. The molecule has 3 aliphatic rings. The number of fused-ring (bicyclic) bond motifs is 4.